The lowest BCUT2D eigenvalue weighted by molar-refractivity contribution is 0.543. The van der Waals surface area contributed by atoms with Crippen molar-refractivity contribution in [2.45, 2.75) is 27.7 Å². The molecule has 0 aromatic carbocycles. The van der Waals surface area contributed by atoms with Crippen LogP contribution in [0.15, 0.2) is 48.1 Å². The maximum atomic E-state index is 5.10. The summed E-state index contributed by atoms with van der Waals surface area (Å²) < 4.78 is 5.94. The zero-order valence-electron chi connectivity index (χ0n) is 13.6. The Labute approximate surface area is 148 Å². The molecule has 0 unspecified atom stereocenters. The fourth-order valence-electron chi connectivity index (χ4n) is 1.55. The third kappa shape index (κ3) is 5.27. The number of nitrogens with zero attached hydrogens (tertiary/aromatic N) is 4. The largest absolute Gasteiger partial charge is 0.456 e. The maximum absolute atomic E-state index is 5.10. The first-order chi connectivity index (χ1) is 11.3. The number of furan rings is 1. The topological polar surface area (TPSA) is 80.5 Å². The van der Waals surface area contributed by atoms with Gasteiger partial charge in [-0.05, 0) is 0 Å². The first kappa shape index (κ1) is 19.0. The Morgan fingerprint density at radius 1 is 0.913 bits per heavy atom. The average molecular weight is 425 g/mol. The predicted molar refractivity (Wildman–Crippen MR) is 101 cm³/mol. The molecule has 4 aromatic rings. The van der Waals surface area contributed by atoms with Gasteiger partial charge in [-0.1, -0.05) is 27.7 Å². The summed E-state index contributed by atoms with van der Waals surface area (Å²) in [4.78, 5) is 18.7. The molecule has 0 amide bonds. The lowest BCUT2D eigenvalue weighted by Crippen LogP contribution is -1.75. The fourth-order valence-corrected chi connectivity index (χ4v) is 2.09. The quantitative estimate of drug-likeness (QED) is 0.408. The van der Waals surface area contributed by atoms with Gasteiger partial charge in [0, 0.05) is 52.8 Å². The van der Waals surface area contributed by atoms with Crippen molar-refractivity contribution in [2.24, 2.45) is 0 Å². The van der Waals surface area contributed by atoms with Crippen LogP contribution in [0, 0.1) is 3.77 Å². The van der Waals surface area contributed by atoms with Crippen LogP contribution in [0.3, 0.4) is 0 Å². The Hall–Kier alpha value is -2.03. The van der Waals surface area contributed by atoms with Crippen molar-refractivity contribution < 1.29 is 4.42 Å². The van der Waals surface area contributed by atoms with Crippen molar-refractivity contribution >= 4 is 44.4 Å². The van der Waals surface area contributed by atoms with Crippen molar-refractivity contribution in [2.75, 3.05) is 0 Å². The molecule has 0 spiro atoms. The van der Waals surface area contributed by atoms with Crippen LogP contribution in [0.4, 0.5) is 0 Å². The molecule has 0 saturated carbocycles. The Morgan fingerprint density at radius 2 is 1.57 bits per heavy atom. The van der Waals surface area contributed by atoms with Gasteiger partial charge in [0.15, 0.2) is 3.77 Å². The van der Waals surface area contributed by atoms with E-state index in [-0.39, 0.29) is 0 Å². The molecule has 4 rings (SSSR count). The van der Waals surface area contributed by atoms with Gasteiger partial charge in [0.25, 0.3) is 0 Å². The molecular weight excluding hydrogens is 405 g/mol. The summed E-state index contributed by atoms with van der Waals surface area (Å²) in [5, 5.41) is 2.03. The summed E-state index contributed by atoms with van der Waals surface area (Å²) in [7, 11) is 0. The lowest BCUT2D eigenvalue weighted by atomic mass is 10.4. The molecule has 1 N–H and O–H groups in total. The molecule has 0 atom stereocenters. The van der Waals surface area contributed by atoms with Crippen LogP contribution in [-0.2, 0) is 0 Å². The third-order valence-corrected chi connectivity index (χ3v) is 3.30. The molecule has 6 nitrogen and oxygen atoms in total. The molecule has 0 aliphatic carbocycles. The van der Waals surface area contributed by atoms with Crippen molar-refractivity contribution in [3.05, 3.63) is 47.5 Å². The van der Waals surface area contributed by atoms with E-state index in [1.807, 2.05) is 40.1 Å². The minimum Gasteiger partial charge on any atom is -0.456 e. The number of rotatable bonds is 0. The van der Waals surface area contributed by atoms with E-state index < -0.39 is 0 Å². The van der Waals surface area contributed by atoms with Gasteiger partial charge in [0.2, 0.25) is 0 Å². The van der Waals surface area contributed by atoms with E-state index in [0.717, 1.165) is 25.6 Å². The number of fused-ring (bicyclic) bond motifs is 2. The molecule has 0 radical (unpaired) electrons. The van der Waals surface area contributed by atoms with Crippen LogP contribution >= 0.6 is 22.6 Å². The first-order valence-corrected chi connectivity index (χ1v) is 8.47. The van der Waals surface area contributed by atoms with Gasteiger partial charge in [-0.25, -0.2) is 19.9 Å². The van der Waals surface area contributed by atoms with E-state index in [2.05, 4.69) is 47.5 Å². The van der Waals surface area contributed by atoms with Gasteiger partial charge >= 0.3 is 0 Å². The van der Waals surface area contributed by atoms with Crippen molar-refractivity contribution in [3.63, 3.8) is 0 Å². The standard InChI is InChI=1S/C6H3IN2O.C6H5N3.2C2H6/c7-6-4-1-8-3-9-5(4)2-10-6;1-5-2-8-4-9-6(5)3-7-1;2*1-2/h1-3H;1-4,7H;2*1-2H3. The normalized spacial score (nSPS) is 9.09. The van der Waals surface area contributed by atoms with Gasteiger partial charge in [0.05, 0.1) is 10.9 Å². The molecule has 23 heavy (non-hydrogen) atoms. The summed E-state index contributed by atoms with van der Waals surface area (Å²) in [6.07, 6.45) is 11.9. The molecule has 7 heteroatoms. The van der Waals surface area contributed by atoms with Crippen LogP contribution < -0.4 is 0 Å². The maximum Gasteiger partial charge on any atom is 0.174 e. The Bertz CT molecular complexity index is 782. The Balaban J connectivity index is 0.000000190. The van der Waals surface area contributed by atoms with Crippen molar-refractivity contribution in [1.29, 1.82) is 0 Å². The highest BCUT2D eigenvalue weighted by Crippen LogP contribution is 2.18. The van der Waals surface area contributed by atoms with Gasteiger partial charge in [0.1, 0.15) is 24.4 Å². The van der Waals surface area contributed by atoms with E-state index in [1.54, 1.807) is 18.7 Å². The highest BCUT2D eigenvalue weighted by molar-refractivity contribution is 14.1. The number of aromatic nitrogens is 5. The molecule has 122 valence electrons. The summed E-state index contributed by atoms with van der Waals surface area (Å²) in [6, 6.07) is 0. The highest BCUT2D eigenvalue weighted by Gasteiger charge is 2.01. The second kappa shape index (κ2) is 10.7. The van der Waals surface area contributed by atoms with Crippen molar-refractivity contribution in [3.8, 4) is 0 Å². The second-order valence-corrected chi connectivity index (χ2v) is 4.63. The van der Waals surface area contributed by atoms with Gasteiger partial charge in [-0.3, -0.25) is 0 Å². The number of hydrogen-bond acceptors (Lipinski definition) is 5. The molecule has 0 bridgehead atoms. The fraction of sp³-hybridized carbons (Fsp3) is 0.250. The van der Waals surface area contributed by atoms with E-state index >= 15 is 0 Å². The molecule has 4 aromatic heterocycles. The number of aromatic amines is 1. The zero-order chi connectivity index (χ0) is 17.1. The smallest absolute Gasteiger partial charge is 0.174 e. The molecule has 0 fully saturated rings. The predicted octanol–water partition coefficient (Wildman–Crippen LogP) is 4.84. The van der Waals surface area contributed by atoms with Crippen molar-refractivity contribution in [1.82, 2.24) is 24.9 Å². The SMILES string of the molecule is CC.CC.Ic1occ2ncncc12.c1ncc2c[nH]cc2n1. The molecule has 0 saturated heterocycles. The first-order valence-electron chi connectivity index (χ1n) is 7.40. The summed E-state index contributed by atoms with van der Waals surface area (Å²) in [5.74, 6) is 0. The van der Waals surface area contributed by atoms with E-state index in [9.17, 15) is 0 Å². The molecule has 4 heterocycles. The lowest BCUT2D eigenvalue weighted by Gasteiger charge is -1.82. The number of halogens is 1. The van der Waals surface area contributed by atoms with Gasteiger partial charge in [-0.15, -0.1) is 0 Å². The van der Waals surface area contributed by atoms with E-state index in [4.69, 9.17) is 4.42 Å². The molecule has 0 aliphatic rings. The molecular formula is C16H20IN5O. The van der Waals surface area contributed by atoms with E-state index in [0.29, 0.717) is 0 Å². The van der Waals surface area contributed by atoms with Crippen LogP contribution in [0.1, 0.15) is 27.7 Å². The van der Waals surface area contributed by atoms with Gasteiger partial charge in [-0.2, -0.15) is 0 Å². The van der Waals surface area contributed by atoms with Crippen LogP contribution in [0.2, 0.25) is 0 Å². The number of nitrogens with one attached hydrogen (secondary N) is 1. The Kier molecular flexibility index (Phi) is 8.81. The van der Waals surface area contributed by atoms with Crippen LogP contribution in [0.25, 0.3) is 21.8 Å². The van der Waals surface area contributed by atoms with E-state index in [1.165, 1.54) is 12.7 Å². The van der Waals surface area contributed by atoms with Crippen LogP contribution in [-0.4, -0.2) is 24.9 Å². The third-order valence-electron chi connectivity index (χ3n) is 2.46. The summed E-state index contributed by atoms with van der Waals surface area (Å²) in [5.41, 5.74) is 1.82. The zero-order valence-corrected chi connectivity index (χ0v) is 15.8. The second-order valence-electron chi connectivity index (χ2n) is 3.65. The monoisotopic (exact) mass is 425 g/mol. The summed E-state index contributed by atoms with van der Waals surface area (Å²) in [6.45, 7) is 8.00. The summed E-state index contributed by atoms with van der Waals surface area (Å²) >= 11 is 2.11. The highest BCUT2D eigenvalue weighted by atomic mass is 127. The Morgan fingerprint density at radius 3 is 2.22 bits per heavy atom. The van der Waals surface area contributed by atoms with Gasteiger partial charge < -0.3 is 9.40 Å². The minimum absolute atomic E-state index is 0.841. The van der Waals surface area contributed by atoms with Crippen LogP contribution in [0.5, 0.6) is 0 Å². The molecule has 0 aliphatic heterocycles. The number of hydrogen-bond donors (Lipinski definition) is 1. The number of H-pyrrole nitrogens is 1. The minimum atomic E-state index is 0.841. The average Bonchev–Trinajstić information content (AvgIpc) is 3.26.